The number of carbonyl (C=O) groups excluding carboxylic acids is 1. The fourth-order valence-electron chi connectivity index (χ4n) is 3.60. The lowest BCUT2D eigenvalue weighted by Crippen LogP contribution is -2.47. The van der Waals surface area contributed by atoms with Crippen LogP contribution in [-0.2, 0) is 10.0 Å². The number of aryl methyl sites for hydroxylation is 1. The molecule has 1 saturated heterocycles. The molecule has 1 fully saturated rings. The number of hydrogen-bond donors (Lipinski definition) is 2. The van der Waals surface area contributed by atoms with Gasteiger partial charge in [-0.1, -0.05) is 24.3 Å². The van der Waals surface area contributed by atoms with E-state index in [9.17, 15) is 13.2 Å². The third-order valence-electron chi connectivity index (χ3n) is 5.46. The van der Waals surface area contributed by atoms with Crippen molar-refractivity contribution in [2.75, 3.05) is 51.2 Å². The first-order valence-electron chi connectivity index (χ1n) is 10.3. The molecule has 0 radical (unpaired) electrons. The summed E-state index contributed by atoms with van der Waals surface area (Å²) in [6, 6.07) is 15.0. The largest absolute Gasteiger partial charge is 0.369 e. The maximum atomic E-state index is 12.5. The molecule has 1 aliphatic heterocycles. The summed E-state index contributed by atoms with van der Waals surface area (Å²) in [6.07, 6.45) is 0.852. The average Bonchev–Trinajstić information content (AvgIpc) is 2.77. The quantitative estimate of drug-likeness (QED) is 0.625. The highest BCUT2D eigenvalue weighted by Crippen LogP contribution is 2.16. The molecule has 1 aliphatic rings. The molecule has 0 unspecified atom stereocenters. The monoisotopic (exact) mass is 430 g/mol. The van der Waals surface area contributed by atoms with Gasteiger partial charge >= 0.3 is 0 Å². The Balaban J connectivity index is 1.44. The van der Waals surface area contributed by atoms with E-state index in [1.165, 1.54) is 24.9 Å². The first kappa shape index (κ1) is 22.3. The molecule has 2 aromatic carbocycles. The summed E-state index contributed by atoms with van der Waals surface area (Å²) < 4.78 is 26.2. The Kier molecular flexibility index (Phi) is 7.47. The number of benzene rings is 2. The molecular formula is C22H30N4O3S. The molecule has 0 atom stereocenters. The Hall–Kier alpha value is -2.42. The van der Waals surface area contributed by atoms with Gasteiger partial charge in [0.05, 0.1) is 4.90 Å². The predicted molar refractivity (Wildman–Crippen MR) is 119 cm³/mol. The number of nitrogens with one attached hydrogen (secondary N) is 2. The van der Waals surface area contributed by atoms with E-state index in [4.69, 9.17) is 0 Å². The van der Waals surface area contributed by atoms with Crippen LogP contribution in [0, 0.1) is 6.92 Å². The molecule has 0 aliphatic carbocycles. The van der Waals surface area contributed by atoms with Gasteiger partial charge in [-0.3, -0.25) is 9.69 Å². The third kappa shape index (κ3) is 5.59. The second-order valence-electron chi connectivity index (χ2n) is 7.46. The molecule has 0 aromatic heterocycles. The second kappa shape index (κ2) is 10.1. The number of rotatable bonds is 8. The average molecular weight is 431 g/mol. The van der Waals surface area contributed by atoms with Crippen LogP contribution in [0.3, 0.4) is 0 Å². The minimum absolute atomic E-state index is 0.0945. The predicted octanol–water partition coefficient (Wildman–Crippen LogP) is 1.85. The molecule has 2 N–H and O–H groups in total. The topological polar surface area (TPSA) is 81.7 Å². The summed E-state index contributed by atoms with van der Waals surface area (Å²) >= 11 is 0. The van der Waals surface area contributed by atoms with E-state index < -0.39 is 10.0 Å². The Morgan fingerprint density at radius 2 is 1.73 bits per heavy atom. The van der Waals surface area contributed by atoms with Gasteiger partial charge in [0, 0.05) is 44.0 Å². The lowest BCUT2D eigenvalue weighted by molar-refractivity contribution is 0.0950. The Morgan fingerprint density at radius 3 is 2.40 bits per heavy atom. The third-order valence-corrected chi connectivity index (χ3v) is 6.87. The summed E-state index contributed by atoms with van der Waals surface area (Å²) in [5.41, 5.74) is 2.41. The van der Waals surface area contributed by atoms with Gasteiger partial charge in [-0.05, 0) is 56.8 Å². The molecule has 8 heteroatoms. The summed E-state index contributed by atoms with van der Waals surface area (Å²) in [4.78, 5) is 17.4. The fourth-order valence-corrected chi connectivity index (χ4v) is 4.35. The van der Waals surface area contributed by atoms with Crippen LogP contribution in [-0.4, -0.2) is 65.5 Å². The first-order chi connectivity index (χ1) is 14.4. The zero-order chi connectivity index (χ0) is 21.6. The fraction of sp³-hybridized carbons (Fsp3) is 0.409. The molecule has 3 rings (SSSR count). The minimum Gasteiger partial charge on any atom is -0.369 e. The van der Waals surface area contributed by atoms with Crippen LogP contribution < -0.4 is 14.9 Å². The molecule has 2 aromatic rings. The van der Waals surface area contributed by atoms with Crippen LogP contribution >= 0.6 is 0 Å². The molecule has 162 valence electrons. The lowest BCUT2D eigenvalue weighted by Gasteiger charge is -2.36. The zero-order valence-corrected chi connectivity index (χ0v) is 18.4. The maximum Gasteiger partial charge on any atom is 0.251 e. The molecule has 30 heavy (non-hydrogen) atoms. The Labute approximate surface area is 179 Å². The number of hydrogen-bond acceptors (Lipinski definition) is 5. The van der Waals surface area contributed by atoms with Crippen molar-refractivity contribution in [3.05, 3.63) is 59.7 Å². The molecule has 0 saturated carbocycles. The summed E-state index contributed by atoms with van der Waals surface area (Å²) in [5, 5.41) is 2.92. The van der Waals surface area contributed by atoms with Crippen molar-refractivity contribution in [1.82, 2.24) is 14.9 Å². The van der Waals surface area contributed by atoms with Crippen LogP contribution in [0.25, 0.3) is 0 Å². The number of sulfonamides is 1. The summed E-state index contributed by atoms with van der Waals surface area (Å²) in [6.45, 7) is 7.30. The van der Waals surface area contributed by atoms with Crippen molar-refractivity contribution in [3.63, 3.8) is 0 Å². The van der Waals surface area contributed by atoms with Crippen molar-refractivity contribution in [3.8, 4) is 0 Å². The molecule has 1 heterocycles. The number of piperazine rings is 1. The molecule has 1 amide bonds. The van der Waals surface area contributed by atoms with Gasteiger partial charge in [0.15, 0.2) is 0 Å². The van der Waals surface area contributed by atoms with E-state index in [-0.39, 0.29) is 10.8 Å². The minimum atomic E-state index is -3.58. The van der Waals surface area contributed by atoms with Gasteiger partial charge in [0.1, 0.15) is 0 Å². The molecule has 0 spiro atoms. The molecular weight excluding hydrogens is 400 g/mol. The number of anilines is 1. The summed E-state index contributed by atoms with van der Waals surface area (Å²) in [5.74, 6) is -0.241. The van der Waals surface area contributed by atoms with E-state index in [1.807, 2.05) is 6.07 Å². The Morgan fingerprint density at radius 1 is 1.03 bits per heavy atom. The maximum absolute atomic E-state index is 12.5. The van der Waals surface area contributed by atoms with Gasteiger partial charge < -0.3 is 10.2 Å². The van der Waals surface area contributed by atoms with Crippen LogP contribution in [0.15, 0.2) is 53.4 Å². The molecule has 7 nitrogen and oxygen atoms in total. The van der Waals surface area contributed by atoms with Gasteiger partial charge in [0.25, 0.3) is 5.91 Å². The zero-order valence-electron chi connectivity index (χ0n) is 17.6. The van der Waals surface area contributed by atoms with E-state index in [0.717, 1.165) is 44.7 Å². The standard InChI is InChI=1S/C22H30N4O3S/c1-18-9-10-20(30(28,29)23-2)17-21(18)22(27)24-11-6-12-25-13-15-26(16-14-25)19-7-4-3-5-8-19/h3-5,7-10,17,23H,6,11-16H2,1-2H3,(H,24,27). The van der Waals surface area contributed by atoms with Gasteiger partial charge in [0.2, 0.25) is 10.0 Å². The van der Waals surface area contributed by atoms with E-state index >= 15 is 0 Å². The smallest absolute Gasteiger partial charge is 0.251 e. The van der Waals surface area contributed by atoms with Crippen molar-refractivity contribution in [2.24, 2.45) is 0 Å². The highest BCUT2D eigenvalue weighted by atomic mass is 32.2. The van der Waals surface area contributed by atoms with Crippen molar-refractivity contribution >= 4 is 21.6 Å². The van der Waals surface area contributed by atoms with E-state index in [1.54, 1.807) is 13.0 Å². The highest BCUT2D eigenvalue weighted by Gasteiger charge is 2.18. The number of carbonyl (C=O) groups is 1. The van der Waals surface area contributed by atoms with Gasteiger partial charge in [-0.25, -0.2) is 13.1 Å². The van der Waals surface area contributed by atoms with Gasteiger partial charge in [-0.15, -0.1) is 0 Å². The van der Waals surface area contributed by atoms with Crippen molar-refractivity contribution in [2.45, 2.75) is 18.2 Å². The normalized spacial score (nSPS) is 15.2. The van der Waals surface area contributed by atoms with E-state index in [2.05, 4.69) is 44.1 Å². The highest BCUT2D eigenvalue weighted by molar-refractivity contribution is 7.89. The van der Waals surface area contributed by atoms with Crippen LogP contribution in [0.1, 0.15) is 22.3 Å². The SMILES string of the molecule is CNS(=O)(=O)c1ccc(C)c(C(=O)NCCCN2CCN(c3ccccc3)CC2)c1. The summed E-state index contributed by atoms with van der Waals surface area (Å²) in [7, 11) is -2.22. The van der Waals surface area contributed by atoms with Crippen molar-refractivity contribution < 1.29 is 13.2 Å². The Bertz CT molecular complexity index is 956. The van der Waals surface area contributed by atoms with Crippen LogP contribution in [0.4, 0.5) is 5.69 Å². The second-order valence-corrected chi connectivity index (χ2v) is 9.34. The van der Waals surface area contributed by atoms with Crippen LogP contribution in [0.2, 0.25) is 0 Å². The first-order valence-corrected chi connectivity index (χ1v) is 11.7. The van der Waals surface area contributed by atoms with E-state index in [0.29, 0.717) is 12.1 Å². The van der Waals surface area contributed by atoms with Crippen LogP contribution in [0.5, 0.6) is 0 Å². The molecule has 0 bridgehead atoms. The number of para-hydroxylation sites is 1. The lowest BCUT2D eigenvalue weighted by atomic mass is 10.1. The number of amides is 1. The van der Waals surface area contributed by atoms with Gasteiger partial charge in [-0.2, -0.15) is 0 Å². The van der Waals surface area contributed by atoms with Crippen molar-refractivity contribution in [1.29, 1.82) is 0 Å². The number of nitrogens with zero attached hydrogens (tertiary/aromatic N) is 2.